The van der Waals surface area contributed by atoms with E-state index in [1.165, 1.54) is 11.1 Å². The molecule has 70 valence electrons. The van der Waals surface area contributed by atoms with Gasteiger partial charge in [0.2, 0.25) is 0 Å². The summed E-state index contributed by atoms with van der Waals surface area (Å²) in [7, 11) is 1.68. The lowest BCUT2D eigenvalue weighted by Crippen LogP contribution is -2.35. The molecule has 1 aromatic heterocycles. The second-order valence-corrected chi connectivity index (χ2v) is 3.32. The Labute approximate surface area is 75.4 Å². The Bertz CT molecular complexity index is 322. The second-order valence-electron chi connectivity index (χ2n) is 3.32. The van der Waals surface area contributed by atoms with Crippen LogP contribution in [0.15, 0.2) is 12.4 Å². The summed E-state index contributed by atoms with van der Waals surface area (Å²) < 4.78 is 0. The molecule has 2 rings (SSSR count). The summed E-state index contributed by atoms with van der Waals surface area (Å²) in [6, 6.07) is 0. The van der Waals surface area contributed by atoms with E-state index in [-0.39, 0.29) is 5.91 Å². The van der Waals surface area contributed by atoms with Crippen LogP contribution in [0.5, 0.6) is 0 Å². The molecular weight excluding hydrogens is 170 g/mol. The van der Waals surface area contributed by atoms with E-state index < -0.39 is 5.60 Å². The number of likely N-dealkylation sites (tertiary alicyclic amines) is 1. The maximum atomic E-state index is 11.6. The zero-order chi connectivity index (χ0) is 9.47. The van der Waals surface area contributed by atoms with Crippen molar-refractivity contribution in [3.8, 4) is 0 Å². The molecule has 1 saturated heterocycles. The molecule has 0 unspecified atom stereocenters. The van der Waals surface area contributed by atoms with Gasteiger partial charge in [0.05, 0.1) is 6.20 Å². The van der Waals surface area contributed by atoms with Gasteiger partial charge >= 0.3 is 0 Å². The number of likely N-dealkylation sites (N-methyl/N-ethyl adjacent to an activating group) is 1. The zero-order valence-electron chi connectivity index (χ0n) is 7.32. The first-order valence-electron chi connectivity index (χ1n) is 4.12. The summed E-state index contributed by atoms with van der Waals surface area (Å²) in [5, 5.41) is 16.3. The summed E-state index contributed by atoms with van der Waals surface area (Å²) in [5.41, 5.74) is -0.816. The molecule has 0 saturated carbocycles. The number of H-pyrrole nitrogens is 1. The highest BCUT2D eigenvalue weighted by Gasteiger charge is 2.45. The Kier molecular flexibility index (Phi) is 1.63. The third-order valence-corrected chi connectivity index (χ3v) is 2.49. The molecule has 0 radical (unpaired) electrons. The van der Waals surface area contributed by atoms with Gasteiger partial charge in [0.1, 0.15) is 0 Å². The Balaban J connectivity index is 2.37. The molecular formula is C8H11N3O2. The van der Waals surface area contributed by atoms with E-state index >= 15 is 0 Å². The lowest BCUT2D eigenvalue weighted by atomic mass is 9.95. The largest absolute Gasteiger partial charge is 0.375 e. The van der Waals surface area contributed by atoms with Gasteiger partial charge < -0.3 is 10.0 Å². The van der Waals surface area contributed by atoms with Crippen LogP contribution in [-0.2, 0) is 10.4 Å². The van der Waals surface area contributed by atoms with Crippen LogP contribution in [0.2, 0.25) is 0 Å². The van der Waals surface area contributed by atoms with Crippen molar-refractivity contribution < 1.29 is 9.90 Å². The fraction of sp³-hybridized carbons (Fsp3) is 0.500. The van der Waals surface area contributed by atoms with Crippen LogP contribution in [0.25, 0.3) is 0 Å². The normalized spacial score (nSPS) is 28.5. The van der Waals surface area contributed by atoms with Crippen LogP contribution >= 0.6 is 0 Å². The first kappa shape index (κ1) is 8.25. The molecule has 0 aliphatic carbocycles. The monoisotopic (exact) mass is 181 g/mol. The third kappa shape index (κ3) is 1.04. The lowest BCUT2D eigenvalue weighted by Gasteiger charge is -2.18. The zero-order valence-corrected chi connectivity index (χ0v) is 7.32. The summed E-state index contributed by atoms with van der Waals surface area (Å²) >= 11 is 0. The van der Waals surface area contributed by atoms with Gasteiger partial charge in [-0.05, 0) is 0 Å². The number of hydrogen-bond acceptors (Lipinski definition) is 3. The van der Waals surface area contributed by atoms with Gasteiger partial charge in [0, 0.05) is 31.8 Å². The Hall–Kier alpha value is -1.36. The summed E-state index contributed by atoms with van der Waals surface area (Å²) in [5.74, 6) is -0.256. The fourth-order valence-corrected chi connectivity index (χ4v) is 1.60. The molecule has 1 amide bonds. The average molecular weight is 181 g/mol. The second kappa shape index (κ2) is 2.56. The van der Waals surface area contributed by atoms with E-state index in [2.05, 4.69) is 10.2 Å². The first-order chi connectivity index (χ1) is 6.14. The van der Waals surface area contributed by atoms with Crippen molar-refractivity contribution in [1.82, 2.24) is 15.1 Å². The molecule has 1 aliphatic rings. The highest BCUT2D eigenvalue weighted by molar-refractivity contribution is 5.88. The van der Waals surface area contributed by atoms with E-state index in [1.54, 1.807) is 13.2 Å². The number of aliphatic hydroxyl groups is 1. The number of carbonyl (C=O) groups is 1. The van der Waals surface area contributed by atoms with Gasteiger partial charge in [-0.15, -0.1) is 0 Å². The molecule has 1 atom stereocenters. The Morgan fingerprint density at radius 3 is 3.00 bits per heavy atom. The minimum Gasteiger partial charge on any atom is -0.375 e. The van der Waals surface area contributed by atoms with Gasteiger partial charge in [0.15, 0.2) is 5.60 Å². The minimum absolute atomic E-state index is 0.256. The van der Waals surface area contributed by atoms with Gasteiger partial charge in [0.25, 0.3) is 5.91 Å². The van der Waals surface area contributed by atoms with E-state index in [1.807, 2.05) is 0 Å². The quantitative estimate of drug-likeness (QED) is 0.611. The van der Waals surface area contributed by atoms with Crippen molar-refractivity contribution >= 4 is 5.91 Å². The van der Waals surface area contributed by atoms with Gasteiger partial charge in [-0.25, -0.2) is 0 Å². The number of amides is 1. The summed E-state index contributed by atoms with van der Waals surface area (Å²) in [4.78, 5) is 13.1. The van der Waals surface area contributed by atoms with Crippen LogP contribution in [-0.4, -0.2) is 39.7 Å². The molecule has 13 heavy (non-hydrogen) atoms. The fourth-order valence-electron chi connectivity index (χ4n) is 1.60. The minimum atomic E-state index is -1.36. The molecule has 0 aromatic carbocycles. The number of carbonyl (C=O) groups excluding carboxylic acids is 1. The first-order valence-corrected chi connectivity index (χ1v) is 4.12. The van der Waals surface area contributed by atoms with Crippen molar-refractivity contribution in [2.24, 2.45) is 0 Å². The average Bonchev–Trinajstić information content (AvgIpc) is 2.71. The van der Waals surface area contributed by atoms with Crippen molar-refractivity contribution in [1.29, 1.82) is 0 Å². The number of nitrogens with one attached hydrogen (secondary N) is 1. The molecule has 0 spiro atoms. The van der Waals surface area contributed by atoms with Gasteiger partial charge in [-0.1, -0.05) is 0 Å². The Morgan fingerprint density at radius 2 is 2.54 bits per heavy atom. The van der Waals surface area contributed by atoms with Gasteiger partial charge in [-0.2, -0.15) is 5.10 Å². The number of rotatable bonds is 1. The van der Waals surface area contributed by atoms with Crippen molar-refractivity contribution in [2.45, 2.75) is 12.0 Å². The smallest absolute Gasteiger partial charge is 0.259 e. The highest BCUT2D eigenvalue weighted by atomic mass is 16.3. The van der Waals surface area contributed by atoms with Crippen LogP contribution in [0.1, 0.15) is 12.0 Å². The van der Waals surface area contributed by atoms with Gasteiger partial charge in [-0.3, -0.25) is 9.89 Å². The van der Waals surface area contributed by atoms with Crippen molar-refractivity contribution in [3.05, 3.63) is 18.0 Å². The van der Waals surface area contributed by atoms with E-state index in [4.69, 9.17) is 0 Å². The summed E-state index contributed by atoms with van der Waals surface area (Å²) in [6.07, 6.45) is 3.47. The molecule has 1 aromatic rings. The number of nitrogens with zero attached hydrogens (tertiary/aromatic N) is 2. The number of hydrogen-bond donors (Lipinski definition) is 2. The molecule has 1 aliphatic heterocycles. The van der Waals surface area contributed by atoms with Crippen molar-refractivity contribution in [3.63, 3.8) is 0 Å². The van der Waals surface area contributed by atoms with Crippen molar-refractivity contribution in [2.75, 3.05) is 13.6 Å². The maximum Gasteiger partial charge on any atom is 0.259 e. The third-order valence-electron chi connectivity index (χ3n) is 2.49. The van der Waals surface area contributed by atoms with E-state index in [0.717, 1.165) is 0 Å². The van der Waals surface area contributed by atoms with E-state index in [9.17, 15) is 9.90 Å². The SMILES string of the molecule is CN1CC[C@@](O)(c2cn[nH]c2)C1=O. The van der Waals surface area contributed by atoms with Crippen LogP contribution in [0.4, 0.5) is 0 Å². The number of aromatic nitrogens is 2. The van der Waals surface area contributed by atoms with E-state index in [0.29, 0.717) is 18.5 Å². The number of aromatic amines is 1. The molecule has 5 nitrogen and oxygen atoms in total. The molecule has 1 fully saturated rings. The topological polar surface area (TPSA) is 69.2 Å². The molecule has 2 N–H and O–H groups in total. The van der Waals surface area contributed by atoms with Crippen LogP contribution < -0.4 is 0 Å². The highest BCUT2D eigenvalue weighted by Crippen LogP contribution is 2.31. The lowest BCUT2D eigenvalue weighted by molar-refractivity contribution is -0.143. The summed E-state index contributed by atoms with van der Waals surface area (Å²) in [6.45, 7) is 0.584. The van der Waals surface area contributed by atoms with Crippen LogP contribution in [0.3, 0.4) is 0 Å². The van der Waals surface area contributed by atoms with Crippen LogP contribution in [0, 0.1) is 0 Å². The molecule has 2 heterocycles. The predicted molar refractivity (Wildman–Crippen MR) is 44.7 cm³/mol. The maximum absolute atomic E-state index is 11.6. The standard InChI is InChI=1S/C8H11N3O2/c1-11-3-2-8(13,7(11)12)6-4-9-10-5-6/h4-5,13H,2-3H2,1H3,(H,9,10)/t8-/m1/s1. The molecule has 0 bridgehead atoms. The predicted octanol–water partition coefficient (Wildman–Crippen LogP) is -0.541. The molecule has 5 heteroatoms. The Morgan fingerprint density at radius 1 is 1.77 bits per heavy atom.